The molecule has 2 aromatic heterocycles. The summed E-state index contributed by atoms with van der Waals surface area (Å²) in [4.78, 5) is 36.5. The lowest BCUT2D eigenvalue weighted by molar-refractivity contribution is -0.137. The van der Waals surface area contributed by atoms with Crippen LogP contribution in [-0.4, -0.2) is 62.1 Å². The second kappa shape index (κ2) is 10.2. The van der Waals surface area contributed by atoms with Gasteiger partial charge in [0.05, 0.1) is 22.6 Å². The van der Waals surface area contributed by atoms with Crippen molar-refractivity contribution in [3.8, 4) is 10.4 Å². The Labute approximate surface area is 217 Å². The minimum Gasteiger partial charge on any atom is -0.391 e. The van der Waals surface area contributed by atoms with Crippen molar-refractivity contribution < 1.29 is 27.9 Å². The molecule has 0 radical (unpaired) electrons. The first-order chi connectivity index (χ1) is 17.2. The lowest BCUT2D eigenvalue weighted by Crippen LogP contribution is -2.40. The highest BCUT2D eigenvalue weighted by Gasteiger charge is 2.39. The van der Waals surface area contributed by atoms with Crippen molar-refractivity contribution in [3.05, 3.63) is 28.5 Å². The van der Waals surface area contributed by atoms with Crippen LogP contribution < -0.4 is 10.6 Å². The van der Waals surface area contributed by atoms with Crippen LogP contribution in [0.25, 0.3) is 10.4 Å². The van der Waals surface area contributed by atoms with E-state index in [4.69, 9.17) is 0 Å². The van der Waals surface area contributed by atoms with E-state index in [1.807, 2.05) is 6.92 Å². The molecule has 1 aliphatic carbocycles. The number of carbonyl (C=O) groups excluding carboxylic acids is 2. The standard InChI is InChI=1S/C25H32F3N5O3S/c1-13-7-6-10-33(13)23(36)19-20(37-22(31-19)21(35)30-16-8-5-9-17(16)34)14-12-29-18(32-24(2,3)4)11-15(14)25(26,27)28/h11-13,16-17,34H,5-10H2,1-4H3,(H,29,32)(H,30,35)/t13-,16?,17?/m0/s1. The smallest absolute Gasteiger partial charge is 0.391 e. The lowest BCUT2D eigenvalue weighted by Gasteiger charge is -2.23. The fourth-order valence-electron chi connectivity index (χ4n) is 4.78. The Morgan fingerprint density at radius 1 is 1.16 bits per heavy atom. The predicted octanol–water partition coefficient (Wildman–Crippen LogP) is 4.70. The molecule has 1 saturated carbocycles. The molecule has 2 aliphatic rings. The molecule has 4 rings (SSSR count). The van der Waals surface area contributed by atoms with Gasteiger partial charge in [0.2, 0.25) is 0 Å². The van der Waals surface area contributed by atoms with Crippen LogP contribution in [0, 0.1) is 0 Å². The number of carbonyl (C=O) groups is 2. The second-order valence-electron chi connectivity index (χ2n) is 10.8. The summed E-state index contributed by atoms with van der Waals surface area (Å²) in [6.45, 7) is 7.75. The zero-order valence-corrected chi connectivity index (χ0v) is 22.1. The SMILES string of the molecule is C[C@H]1CCCN1C(=O)c1nc(C(=O)NC2CCCC2O)sc1-c1cnc(NC(C)(C)C)cc1C(F)(F)F. The number of hydrogen-bond acceptors (Lipinski definition) is 7. The number of thiazole rings is 1. The maximum absolute atomic E-state index is 14.2. The zero-order valence-electron chi connectivity index (χ0n) is 21.3. The molecule has 0 bridgehead atoms. The summed E-state index contributed by atoms with van der Waals surface area (Å²) < 4.78 is 42.7. The van der Waals surface area contributed by atoms with Crippen LogP contribution in [0.5, 0.6) is 0 Å². The van der Waals surface area contributed by atoms with Gasteiger partial charge in [-0.05, 0) is 65.9 Å². The number of amides is 2. The van der Waals surface area contributed by atoms with E-state index < -0.39 is 41.2 Å². The molecule has 8 nitrogen and oxygen atoms in total. The maximum atomic E-state index is 14.2. The zero-order chi connectivity index (χ0) is 27.1. The van der Waals surface area contributed by atoms with Gasteiger partial charge in [-0.1, -0.05) is 0 Å². The van der Waals surface area contributed by atoms with Crippen molar-refractivity contribution in [1.82, 2.24) is 20.2 Å². The number of aliphatic hydroxyl groups is 1. The van der Waals surface area contributed by atoms with E-state index in [1.165, 1.54) is 0 Å². The van der Waals surface area contributed by atoms with E-state index in [-0.39, 0.29) is 33.0 Å². The number of likely N-dealkylation sites (tertiary alicyclic amines) is 1. The van der Waals surface area contributed by atoms with Gasteiger partial charge in [-0.3, -0.25) is 9.59 Å². The number of halogens is 3. The van der Waals surface area contributed by atoms with Crippen LogP contribution in [-0.2, 0) is 6.18 Å². The molecule has 202 valence electrons. The van der Waals surface area contributed by atoms with Crippen LogP contribution in [0.2, 0.25) is 0 Å². The van der Waals surface area contributed by atoms with Crippen LogP contribution in [0.4, 0.5) is 19.0 Å². The number of anilines is 1. The summed E-state index contributed by atoms with van der Waals surface area (Å²) in [6.07, 6.45) is -0.902. The van der Waals surface area contributed by atoms with Crippen LogP contribution >= 0.6 is 11.3 Å². The second-order valence-corrected chi connectivity index (χ2v) is 11.8. The van der Waals surface area contributed by atoms with E-state index >= 15 is 0 Å². The highest BCUT2D eigenvalue weighted by molar-refractivity contribution is 7.17. The molecular weight excluding hydrogens is 507 g/mol. The molecule has 0 aromatic carbocycles. The molecule has 1 saturated heterocycles. The number of alkyl halides is 3. The van der Waals surface area contributed by atoms with Gasteiger partial charge in [-0.2, -0.15) is 13.2 Å². The number of rotatable bonds is 5. The van der Waals surface area contributed by atoms with Gasteiger partial charge in [-0.25, -0.2) is 9.97 Å². The van der Waals surface area contributed by atoms with Crippen molar-refractivity contribution in [2.45, 2.75) is 89.7 Å². The Morgan fingerprint density at radius 3 is 2.46 bits per heavy atom. The van der Waals surface area contributed by atoms with E-state index in [0.717, 1.165) is 42.9 Å². The molecule has 37 heavy (non-hydrogen) atoms. The van der Waals surface area contributed by atoms with Gasteiger partial charge in [0.1, 0.15) is 11.5 Å². The molecular formula is C25H32F3N5O3S. The van der Waals surface area contributed by atoms with Gasteiger partial charge in [0.25, 0.3) is 11.8 Å². The van der Waals surface area contributed by atoms with Crippen molar-refractivity contribution in [1.29, 1.82) is 0 Å². The molecule has 2 unspecified atom stereocenters. The van der Waals surface area contributed by atoms with Crippen LogP contribution in [0.1, 0.15) is 85.7 Å². The quantitative estimate of drug-likeness (QED) is 0.509. The van der Waals surface area contributed by atoms with Crippen LogP contribution in [0.15, 0.2) is 12.3 Å². The number of aromatic nitrogens is 2. The minimum atomic E-state index is -4.74. The van der Waals surface area contributed by atoms with Crippen LogP contribution in [0.3, 0.4) is 0 Å². The average molecular weight is 540 g/mol. The van der Waals surface area contributed by atoms with Gasteiger partial charge in [-0.15, -0.1) is 11.3 Å². The molecule has 2 aromatic rings. The van der Waals surface area contributed by atoms with E-state index in [0.29, 0.717) is 19.4 Å². The first-order valence-corrected chi connectivity index (χ1v) is 13.2. The van der Waals surface area contributed by atoms with Crippen molar-refractivity contribution in [3.63, 3.8) is 0 Å². The Morgan fingerprint density at radius 2 is 1.89 bits per heavy atom. The third-order valence-electron chi connectivity index (χ3n) is 6.59. The first kappa shape index (κ1) is 27.3. The maximum Gasteiger partial charge on any atom is 0.417 e. The van der Waals surface area contributed by atoms with Gasteiger partial charge in [0, 0.05) is 29.9 Å². The fraction of sp³-hybridized carbons (Fsp3) is 0.600. The molecule has 2 amide bonds. The summed E-state index contributed by atoms with van der Waals surface area (Å²) in [6, 6.07) is 0.362. The molecule has 3 heterocycles. The van der Waals surface area contributed by atoms with E-state index in [1.54, 1.807) is 25.7 Å². The average Bonchev–Trinajstić information content (AvgIpc) is 3.52. The summed E-state index contributed by atoms with van der Waals surface area (Å²) in [7, 11) is 0. The Bertz CT molecular complexity index is 1180. The molecule has 3 atom stereocenters. The van der Waals surface area contributed by atoms with Gasteiger partial charge < -0.3 is 20.6 Å². The molecule has 1 aliphatic heterocycles. The monoisotopic (exact) mass is 539 g/mol. The number of pyridine rings is 1. The summed E-state index contributed by atoms with van der Waals surface area (Å²) in [5.74, 6) is -1.10. The third kappa shape index (κ3) is 6.06. The number of aliphatic hydroxyl groups excluding tert-OH is 1. The predicted molar refractivity (Wildman–Crippen MR) is 135 cm³/mol. The Kier molecular flexibility index (Phi) is 7.53. The molecule has 3 N–H and O–H groups in total. The highest BCUT2D eigenvalue weighted by Crippen LogP contribution is 2.42. The number of nitrogens with one attached hydrogen (secondary N) is 2. The molecule has 0 spiro atoms. The van der Waals surface area contributed by atoms with Crippen molar-refractivity contribution in [2.75, 3.05) is 11.9 Å². The first-order valence-electron chi connectivity index (χ1n) is 12.4. The summed E-state index contributed by atoms with van der Waals surface area (Å²) >= 11 is 0.730. The fourth-order valence-corrected chi connectivity index (χ4v) is 5.76. The van der Waals surface area contributed by atoms with E-state index in [9.17, 15) is 27.9 Å². The highest BCUT2D eigenvalue weighted by atomic mass is 32.1. The third-order valence-corrected chi connectivity index (χ3v) is 7.68. The van der Waals surface area contributed by atoms with Crippen molar-refractivity contribution >= 4 is 29.0 Å². The number of hydrogen-bond donors (Lipinski definition) is 3. The Balaban J connectivity index is 1.80. The number of nitrogens with zero attached hydrogens (tertiary/aromatic N) is 3. The van der Waals surface area contributed by atoms with Gasteiger partial charge >= 0.3 is 6.18 Å². The normalized spacial score (nSPS) is 22.4. The van der Waals surface area contributed by atoms with E-state index in [2.05, 4.69) is 20.6 Å². The largest absolute Gasteiger partial charge is 0.417 e. The topological polar surface area (TPSA) is 107 Å². The molecule has 2 fully saturated rings. The minimum absolute atomic E-state index is 0.0438. The molecule has 12 heteroatoms. The summed E-state index contributed by atoms with van der Waals surface area (Å²) in [5, 5.41) is 15.6. The summed E-state index contributed by atoms with van der Waals surface area (Å²) in [5.41, 5.74) is -2.00. The van der Waals surface area contributed by atoms with Gasteiger partial charge in [0.15, 0.2) is 5.01 Å². The lowest BCUT2D eigenvalue weighted by atomic mass is 10.1. The van der Waals surface area contributed by atoms with Crippen molar-refractivity contribution in [2.24, 2.45) is 0 Å². The Hall–Kier alpha value is -2.73.